The van der Waals surface area contributed by atoms with E-state index in [0.29, 0.717) is 31.7 Å². The van der Waals surface area contributed by atoms with E-state index in [1.807, 2.05) is 6.07 Å². The summed E-state index contributed by atoms with van der Waals surface area (Å²) < 4.78 is 5.77. The second-order valence-corrected chi connectivity index (χ2v) is 6.22. The van der Waals surface area contributed by atoms with Gasteiger partial charge in [-0.3, -0.25) is 9.69 Å². The summed E-state index contributed by atoms with van der Waals surface area (Å²) in [5, 5.41) is 13.4. The predicted octanol–water partition coefficient (Wildman–Crippen LogP) is 3.25. The summed E-state index contributed by atoms with van der Waals surface area (Å²) in [5.74, 6) is 0.867. The van der Waals surface area contributed by atoms with Crippen molar-refractivity contribution in [1.82, 2.24) is 4.90 Å². The van der Waals surface area contributed by atoms with Gasteiger partial charge in [-0.15, -0.1) is 12.4 Å². The highest BCUT2D eigenvalue weighted by Gasteiger charge is 2.25. The van der Waals surface area contributed by atoms with Crippen LogP contribution in [-0.4, -0.2) is 35.6 Å². The molecule has 0 spiro atoms. The van der Waals surface area contributed by atoms with Gasteiger partial charge in [-0.1, -0.05) is 19.1 Å². The van der Waals surface area contributed by atoms with Crippen molar-refractivity contribution >= 4 is 24.0 Å². The number of piperidine rings is 1. The van der Waals surface area contributed by atoms with Crippen molar-refractivity contribution in [1.29, 1.82) is 0 Å². The van der Waals surface area contributed by atoms with E-state index in [1.54, 1.807) is 6.08 Å². The Morgan fingerprint density at radius 1 is 1.29 bits per heavy atom. The summed E-state index contributed by atoms with van der Waals surface area (Å²) >= 11 is 0. The number of hydrogen-bond donors (Lipinski definition) is 2. The Bertz CT molecular complexity index is 613. The monoisotopic (exact) mass is 352 g/mol. The van der Waals surface area contributed by atoms with Crippen LogP contribution in [0.1, 0.15) is 36.8 Å². The highest BCUT2D eigenvalue weighted by Crippen LogP contribution is 2.41. The lowest BCUT2D eigenvalue weighted by Crippen LogP contribution is -2.29. The molecule has 2 aliphatic heterocycles. The molecule has 24 heavy (non-hydrogen) atoms. The van der Waals surface area contributed by atoms with Gasteiger partial charge in [0.2, 0.25) is 5.91 Å². The molecule has 3 rings (SSSR count). The third-order valence-electron chi connectivity index (χ3n) is 4.51. The molecule has 0 atom stereocenters. The van der Waals surface area contributed by atoms with Crippen molar-refractivity contribution in [2.75, 3.05) is 25.0 Å². The number of fused-ring (bicyclic) bond motifs is 1. The summed E-state index contributed by atoms with van der Waals surface area (Å²) in [5.41, 5.74) is 2.22. The molecule has 1 aromatic carbocycles. The van der Waals surface area contributed by atoms with E-state index < -0.39 is 0 Å². The number of rotatable bonds is 5. The molecule has 0 saturated carbocycles. The zero-order valence-electron chi connectivity index (χ0n) is 13.8. The first-order valence-corrected chi connectivity index (χ1v) is 8.32. The number of hydrogen-bond acceptors (Lipinski definition) is 4. The summed E-state index contributed by atoms with van der Waals surface area (Å²) in [6.07, 6.45) is 6.37. The van der Waals surface area contributed by atoms with Crippen LogP contribution in [0.2, 0.25) is 0 Å². The molecule has 132 valence electrons. The Balaban J connectivity index is 0.00000208. The summed E-state index contributed by atoms with van der Waals surface area (Å²) in [6, 6.07) is 1.92. The van der Waals surface area contributed by atoms with Gasteiger partial charge in [0, 0.05) is 24.1 Å². The number of carbonyl (C=O) groups is 1. The fourth-order valence-corrected chi connectivity index (χ4v) is 3.32. The standard InChI is InChI=1S/C18H24N2O3.ClH/c1-2-10-23-15-11-13(12-20-8-4-3-5-9-20)18(22)17-14(15)6-7-16(21)19-17;/h2,11,22H,1,3-10,12H2,(H,19,21);1H. The maximum Gasteiger partial charge on any atom is 0.224 e. The predicted molar refractivity (Wildman–Crippen MR) is 97.1 cm³/mol. The van der Waals surface area contributed by atoms with Crippen molar-refractivity contribution in [2.45, 2.75) is 38.6 Å². The molecule has 2 aliphatic rings. The van der Waals surface area contributed by atoms with E-state index >= 15 is 0 Å². The van der Waals surface area contributed by atoms with Crippen LogP contribution in [0.25, 0.3) is 0 Å². The van der Waals surface area contributed by atoms with Crippen LogP contribution in [-0.2, 0) is 17.8 Å². The molecule has 1 saturated heterocycles. The van der Waals surface area contributed by atoms with Crippen molar-refractivity contribution in [2.24, 2.45) is 0 Å². The highest BCUT2D eigenvalue weighted by atomic mass is 35.5. The third-order valence-corrected chi connectivity index (χ3v) is 4.51. The number of halogens is 1. The minimum absolute atomic E-state index is 0. The van der Waals surface area contributed by atoms with Crippen molar-refractivity contribution in [3.05, 3.63) is 29.8 Å². The molecular formula is C18H25ClN2O3. The first-order chi connectivity index (χ1) is 11.2. The summed E-state index contributed by atoms with van der Waals surface area (Å²) in [6.45, 7) is 6.87. The number of phenols is 1. The molecule has 1 fully saturated rings. The Morgan fingerprint density at radius 3 is 2.75 bits per heavy atom. The normalized spacial score (nSPS) is 17.4. The van der Waals surface area contributed by atoms with Crippen LogP contribution in [0, 0.1) is 0 Å². The van der Waals surface area contributed by atoms with Gasteiger partial charge in [-0.05, 0) is 38.4 Å². The highest BCUT2D eigenvalue weighted by molar-refractivity contribution is 5.96. The van der Waals surface area contributed by atoms with E-state index in [9.17, 15) is 9.90 Å². The van der Waals surface area contributed by atoms with Gasteiger partial charge in [0.1, 0.15) is 18.1 Å². The van der Waals surface area contributed by atoms with Crippen LogP contribution in [0.4, 0.5) is 5.69 Å². The molecule has 2 heterocycles. The lowest BCUT2D eigenvalue weighted by Gasteiger charge is -2.28. The quantitative estimate of drug-likeness (QED) is 0.630. The van der Waals surface area contributed by atoms with E-state index in [4.69, 9.17) is 4.74 Å². The average Bonchev–Trinajstić information content (AvgIpc) is 2.57. The number of likely N-dealkylation sites (tertiary alicyclic amines) is 1. The minimum atomic E-state index is -0.0578. The second-order valence-electron chi connectivity index (χ2n) is 6.22. The Morgan fingerprint density at radius 2 is 2.04 bits per heavy atom. The van der Waals surface area contributed by atoms with E-state index in [1.165, 1.54) is 19.3 Å². The van der Waals surface area contributed by atoms with Gasteiger partial charge in [0.05, 0.1) is 5.69 Å². The maximum absolute atomic E-state index is 11.7. The van der Waals surface area contributed by atoms with E-state index in [0.717, 1.165) is 30.0 Å². The lowest BCUT2D eigenvalue weighted by molar-refractivity contribution is -0.116. The molecular weight excluding hydrogens is 328 g/mol. The van der Waals surface area contributed by atoms with Crippen LogP contribution in [0.5, 0.6) is 11.5 Å². The molecule has 5 nitrogen and oxygen atoms in total. The fraction of sp³-hybridized carbons (Fsp3) is 0.500. The van der Waals surface area contributed by atoms with Gasteiger partial charge < -0.3 is 15.2 Å². The number of nitrogens with one attached hydrogen (secondary N) is 1. The summed E-state index contributed by atoms with van der Waals surface area (Å²) in [4.78, 5) is 14.1. The molecule has 0 aromatic heterocycles. The molecule has 1 amide bonds. The largest absolute Gasteiger partial charge is 0.505 e. The van der Waals surface area contributed by atoms with Gasteiger partial charge in [0.15, 0.2) is 0 Å². The number of nitrogens with zero attached hydrogens (tertiary/aromatic N) is 1. The van der Waals surface area contributed by atoms with Crippen molar-refractivity contribution in [3.8, 4) is 11.5 Å². The number of aromatic hydroxyl groups is 1. The van der Waals surface area contributed by atoms with E-state index in [-0.39, 0.29) is 24.1 Å². The first-order valence-electron chi connectivity index (χ1n) is 8.32. The first kappa shape index (κ1) is 18.6. The SMILES string of the molecule is C=CCOc1cc(CN2CCCCC2)c(O)c2c1CCC(=O)N2.Cl. The van der Waals surface area contributed by atoms with Gasteiger partial charge in [0.25, 0.3) is 0 Å². The van der Waals surface area contributed by atoms with Crippen LogP contribution in [0.3, 0.4) is 0 Å². The second kappa shape index (κ2) is 8.40. The molecule has 0 bridgehead atoms. The Kier molecular flexibility index (Phi) is 6.52. The number of benzene rings is 1. The number of phenolic OH excluding ortho intramolecular Hbond substituents is 1. The minimum Gasteiger partial charge on any atom is -0.505 e. The summed E-state index contributed by atoms with van der Waals surface area (Å²) in [7, 11) is 0. The van der Waals surface area contributed by atoms with Crippen LogP contribution >= 0.6 is 12.4 Å². The molecule has 2 N–H and O–H groups in total. The Labute approximate surface area is 149 Å². The van der Waals surface area contributed by atoms with Gasteiger partial charge in [-0.2, -0.15) is 0 Å². The van der Waals surface area contributed by atoms with Crippen LogP contribution in [0.15, 0.2) is 18.7 Å². The zero-order valence-corrected chi connectivity index (χ0v) is 14.7. The van der Waals surface area contributed by atoms with Crippen molar-refractivity contribution in [3.63, 3.8) is 0 Å². The Hall–Kier alpha value is -1.72. The van der Waals surface area contributed by atoms with E-state index in [2.05, 4.69) is 16.8 Å². The average molecular weight is 353 g/mol. The number of ether oxygens (including phenoxy) is 1. The maximum atomic E-state index is 11.7. The number of carbonyl (C=O) groups excluding carboxylic acids is 1. The topological polar surface area (TPSA) is 61.8 Å². The smallest absolute Gasteiger partial charge is 0.224 e. The lowest BCUT2D eigenvalue weighted by atomic mass is 9.97. The fourth-order valence-electron chi connectivity index (χ4n) is 3.32. The van der Waals surface area contributed by atoms with Gasteiger partial charge in [-0.25, -0.2) is 0 Å². The number of amides is 1. The third kappa shape index (κ3) is 4.02. The molecule has 0 unspecified atom stereocenters. The van der Waals surface area contributed by atoms with Crippen LogP contribution < -0.4 is 10.1 Å². The molecule has 6 heteroatoms. The van der Waals surface area contributed by atoms with Crippen molar-refractivity contribution < 1.29 is 14.6 Å². The molecule has 1 aromatic rings. The zero-order chi connectivity index (χ0) is 16.2. The number of anilines is 1. The van der Waals surface area contributed by atoms with Gasteiger partial charge >= 0.3 is 0 Å². The molecule has 0 aliphatic carbocycles. The molecule has 0 radical (unpaired) electrons.